The number of ether oxygens (including phenoxy) is 1. The molecule has 5 rings (SSSR count). The van der Waals surface area contributed by atoms with Crippen LogP contribution in [0, 0.1) is 5.92 Å². The molecular formula is C23H26F3N5O3S. The molecule has 0 aromatic carbocycles. The molecular weight excluding hydrogens is 483 g/mol. The summed E-state index contributed by atoms with van der Waals surface area (Å²) in [6.07, 6.45) is 5.48. The van der Waals surface area contributed by atoms with E-state index in [-0.39, 0.29) is 6.10 Å². The highest BCUT2D eigenvalue weighted by Gasteiger charge is 2.35. The van der Waals surface area contributed by atoms with Gasteiger partial charge in [0.1, 0.15) is 17.7 Å². The molecule has 2 aromatic heterocycles. The van der Waals surface area contributed by atoms with E-state index in [1.807, 2.05) is 17.0 Å². The number of alkyl halides is 3. The number of sulfonamides is 1. The average molecular weight is 510 g/mol. The smallest absolute Gasteiger partial charge is 0.434 e. The van der Waals surface area contributed by atoms with E-state index in [4.69, 9.17) is 4.74 Å². The normalized spacial score (nSPS) is 22.0. The Labute approximate surface area is 201 Å². The Balaban J connectivity index is 1.18. The fourth-order valence-corrected chi connectivity index (χ4v) is 5.69. The first kappa shape index (κ1) is 24.0. The van der Waals surface area contributed by atoms with Gasteiger partial charge < -0.3 is 9.64 Å². The third-order valence-corrected chi connectivity index (χ3v) is 8.21. The first-order valence-corrected chi connectivity index (χ1v) is 13.4. The number of anilines is 1. The summed E-state index contributed by atoms with van der Waals surface area (Å²) in [5.74, 6) is 1.56. The summed E-state index contributed by atoms with van der Waals surface area (Å²) in [5.41, 5.74) is 2.01. The van der Waals surface area contributed by atoms with Crippen molar-refractivity contribution < 1.29 is 26.3 Å². The van der Waals surface area contributed by atoms with Crippen molar-refractivity contribution in [2.24, 2.45) is 5.92 Å². The van der Waals surface area contributed by atoms with Crippen LogP contribution >= 0.6 is 0 Å². The highest BCUT2D eigenvalue weighted by molar-refractivity contribution is 7.88. The van der Waals surface area contributed by atoms with E-state index in [2.05, 4.69) is 15.0 Å². The summed E-state index contributed by atoms with van der Waals surface area (Å²) in [5, 5.41) is 0. The largest absolute Gasteiger partial charge is 0.488 e. The minimum atomic E-state index is -4.49. The maximum atomic E-state index is 12.7. The predicted molar refractivity (Wildman–Crippen MR) is 123 cm³/mol. The number of hydrogen-bond donors (Lipinski definition) is 0. The van der Waals surface area contributed by atoms with Gasteiger partial charge in [-0.05, 0) is 36.8 Å². The molecule has 8 nitrogen and oxygen atoms in total. The Hall–Kier alpha value is -2.73. The Kier molecular flexibility index (Phi) is 6.20. The third kappa shape index (κ3) is 5.13. The average Bonchev–Trinajstić information content (AvgIpc) is 3.27. The van der Waals surface area contributed by atoms with Crippen molar-refractivity contribution in [1.82, 2.24) is 19.3 Å². The van der Waals surface area contributed by atoms with E-state index < -0.39 is 21.9 Å². The summed E-state index contributed by atoms with van der Waals surface area (Å²) in [7, 11) is -3.20. The fourth-order valence-electron chi connectivity index (χ4n) is 4.93. The van der Waals surface area contributed by atoms with Gasteiger partial charge in [0.05, 0.1) is 30.5 Å². The molecule has 2 aromatic rings. The van der Waals surface area contributed by atoms with E-state index in [9.17, 15) is 21.6 Å². The number of aromatic nitrogens is 3. The van der Waals surface area contributed by atoms with Crippen molar-refractivity contribution >= 4 is 21.4 Å². The highest BCUT2D eigenvalue weighted by Crippen LogP contribution is 2.37. The topological polar surface area (TPSA) is 88.5 Å². The SMILES string of the molecule is CS(=O)(=O)N1CC=C(c2cc3c(cn2)OC(C2CCN(c4cnc(C(F)(F)F)cn4)CC2)C3)CC1. The van der Waals surface area contributed by atoms with Crippen LogP contribution in [0.1, 0.15) is 36.2 Å². The van der Waals surface area contributed by atoms with Gasteiger partial charge in [-0.1, -0.05) is 6.08 Å². The predicted octanol–water partition coefficient (Wildman–Crippen LogP) is 3.16. The van der Waals surface area contributed by atoms with Crippen LogP contribution in [0.5, 0.6) is 5.75 Å². The molecule has 35 heavy (non-hydrogen) atoms. The second-order valence-electron chi connectivity index (χ2n) is 9.22. The summed E-state index contributed by atoms with van der Waals surface area (Å²) in [6.45, 7) is 2.15. The molecule has 0 aliphatic carbocycles. The lowest BCUT2D eigenvalue weighted by molar-refractivity contribution is -0.141. The van der Waals surface area contributed by atoms with Gasteiger partial charge in [-0.3, -0.25) is 4.98 Å². The van der Waals surface area contributed by atoms with Gasteiger partial charge in [-0.15, -0.1) is 0 Å². The molecule has 0 saturated carbocycles. The molecule has 0 radical (unpaired) electrons. The molecule has 0 N–H and O–H groups in total. The van der Waals surface area contributed by atoms with Crippen LogP contribution < -0.4 is 9.64 Å². The van der Waals surface area contributed by atoms with Crippen LogP contribution in [0.25, 0.3) is 5.57 Å². The molecule has 12 heteroatoms. The van der Waals surface area contributed by atoms with E-state index in [1.54, 1.807) is 6.20 Å². The minimum absolute atomic E-state index is 0.0314. The van der Waals surface area contributed by atoms with Gasteiger partial charge in [-0.2, -0.15) is 17.5 Å². The van der Waals surface area contributed by atoms with Crippen molar-refractivity contribution in [3.63, 3.8) is 0 Å². The highest BCUT2D eigenvalue weighted by atomic mass is 32.2. The zero-order valence-electron chi connectivity index (χ0n) is 19.2. The first-order chi connectivity index (χ1) is 16.6. The van der Waals surface area contributed by atoms with Gasteiger partial charge in [0, 0.05) is 38.2 Å². The molecule has 0 amide bonds. The molecule has 188 valence electrons. The third-order valence-electron chi connectivity index (χ3n) is 6.94. The zero-order chi connectivity index (χ0) is 24.8. The van der Waals surface area contributed by atoms with Gasteiger partial charge in [0.15, 0.2) is 5.69 Å². The lowest BCUT2D eigenvalue weighted by atomic mass is 9.89. The Morgan fingerprint density at radius 1 is 1.06 bits per heavy atom. The molecule has 3 aliphatic rings. The molecule has 0 bridgehead atoms. The van der Waals surface area contributed by atoms with Crippen molar-refractivity contribution in [1.29, 1.82) is 0 Å². The lowest BCUT2D eigenvalue weighted by Crippen LogP contribution is -2.39. The lowest BCUT2D eigenvalue weighted by Gasteiger charge is -2.34. The number of hydrogen-bond acceptors (Lipinski definition) is 7. The van der Waals surface area contributed by atoms with Gasteiger partial charge in [-0.25, -0.2) is 18.4 Å². The zero-order valence-corrected chi connectivity index (χ0v) is 20.0. The van der Waals surface area contributed by atoms with E-state index in [0.717, 1.165) is 48.0 Å². The van der Waals surface area contributed by atoms with Crippen LogP contribution in [0.4, 0.5) is 19.0 Å². The Morgan fingerprint density at radius 2 is 1.83 bits per heavy atom. The molecule has 1 fully saturated rings. The summed E-state index contributed by atoms with van der Waals surface area (Å²) in [6, 6.07) is 2.05. The van der Waals surface area contributed by atoms with Crippen molar-refractivity contribution in [3.8, 4) is 5.75 Å². The Morgan fingerprint density at radius 3 is 2.43 bits per heavy atom. The number of nitrogens with zero attached hydrogens (tertiary/aromatic N) is 5. The molecule has 5 heterocycles. The maximum Gasteiger partial charge on any atom is 0.434 e. The molecule has 0 spiro atoms. The number of pyridine rings is 1. The van der Waals surface area contributed by atoms with Gasteiger partial charge in [0.25, 0.3) is 0 Å². The van der Waals surface area contributed by atoms with Crippen molar-refractivity contribution in [3.05, 3.63) is 47.7 Å². The summed E-state index contributed by atoms with van der Waals surface area (Å²) in [4.78, 5) is 14.0. The van der Waals surface area contributed by atoms with E-state index in [1.165, 1.54) is 16.8 Å². The molecule has 1 atom stereocenters. The number of halogens is 3. The maximum absolute atomic E-state index is 12.7. The van der Waals surface area contributed by atoms with E-state index >= 15 is 0 Å². The van der Waals surface area contributed by atoms with E-state index in [0.29, 0.717) is 44.3 Å². The van der Waals surface area contributed by atoms with Crippen LogP contribution in [0.2, 0.25) is 0 Å². The van der Waals surface area contributed by atoms with Crippen molar-refractivity contribution in [2.45, 2.75) is 38.0 Å². The second-order valence-corrected chi connectivity index (χ2v) is 11.2. The molecule has 3 aliphatic heterocycles. The summed E-state index contributed by atoms with van der Waals surface area (Å²) < 4.78 is 69.3. The monoisotopic (exact) mass is 509 g/mol. The quantitative estimate of drug-likeness (QED) is 0.626. The second kappa shape index (κ2) is 9.05. The number of piperidine rings is 1. The summed E-state index contributed by atoms with van der Waals surface area (Å²) >= 11 is 0. The van der Waals surface area contributed by atoms with Crippen LogP contribution in [-0.4, -0.2) is 66.2 Å². The first-order valence-electron chi connectivity index (χ1n) is 11.5. The van der Waals surface area contributed by atoms with Crippen molar-refractivity contribution in [2.75, 3.05) is 37.3 Å². The van der Waals surface area contributed by atoms with Crippen LogP contribution in [-0.2, 0) is 22.6 Å². The molecule has 1 saturated heterocycles. The molecule has 1 unspecified atom stereocenters. The van der Waals surface area contributed by atoms with Gasteiger partial charge >= 0.3 is 6.18 Å². The number of rotatable bonds is 4. The standard InChI is InChI=1S/C23H26F3N5O3S/c1-35(32,33)31-8-4-15(5-9-31)18-10-17-11-19(34-20(17)12-27-18)16-2-6-30(7-3-16)22-14-28-21(13-29-22)23(24,25)26/h4,10,12-14,16,19H,2-3,5-9,11H2,1H3. The fraction of sp³-hybridized carbons (Fsp3) is 0.522. The van der Waals surface area contributed by atoms with Crippen LogP contribution in [0.3, 0.4) is 0 Å². The van der Waals surface area contributed by atoms with Gasteiger partial charge in [0.2, 0.25) is 10.0 Å². The van der Waals surface area contributed by atoms with Crippen LogP contribution in [0.15, 0.2) is 30.7 Å². The number of fused-ring (bicyclic) bond motifs is 1. The Bertz CT molecular complexity index is 1230. The minimum Gasteiger partial charge on any atom is -0.488 e.